The van der Waals surface area contributed by atoms with Crippen molar-refractivity contribution in [1.29, 1.82) is 0 Å². The summed E-state index contributed by atoms with van der Waals surface area (Å²) in [7, 11) is 0. The molecule has 0 aromatic heterocycles. The van der Waals surface area contributed by atoms with Crippen molar-refractivity contribution in [1.82, 2.24) is 10.6 Å². The van der Waals surface area contributed by atoms with Gasteiger partial charge < -0.3 is 15.7 Å². The largest absolute Gasteiger partial charge is 0.481 e. The van der Waals surface area contributed by atoms with E-state index in [1.165, 1.54) is 19.3 Å². The number of nitrogens with one attached hydrogen (secondary N) is 2. The van der Waals surface area contributed by atoms with Crippen LogP contribution in [-0.2, 0) is 4.79 Å². The van der Waals surface area contributed by atoms with Crippen molar-refractivity contribution in [3.05, 3.63) is 0 Å². The van der Waals surface area contributed by atoms with E-state index in [1.807, 2.05) is 0 Å². The Morgan fingerprint density at radius 2 is 2.00 bits per heavy atom. The average Bonchev–Trinajstić information content (AvgIpc) is 2.96. The van der Waals surface area contributed by atoms with Gasteiger partial charge in [-0.15, -0.1) is 0 Å². The summed E-state index contributed by atoms with van der Waals surface area (Å²) in [6.07, 6.45) is 5.72. The Hall–Kier alpha value is -1.26. The van der Waals surface area contributed by atoms with Gasteiger partial charge in [-0.2, -0.15) is 0 Å². The van der Waals surface area contributed by atoms with E-state index in [4.69, 9.17) is 5.11 Å². The van der Waals surface area contributed by atoms with Crippen LogP contribution >= 0.6 is 0 Å². The molecule has 108 valence electrons. The normalized spacial score (nSPS) is 34.2. The molecule has 4 atom stereocenters. The minimum Gasteiger partial charge on any atom is -0.481 e. The van der Waals surface area contributed by atoms with Crippen LogP contribution in [0.25, 0.3) is 0 Å². The standard InChI is InChI=1S/C14H24N2O3/c1-9-3-2-4-11(9)8-15-14(19)16-12-6-5-10(7-12)13(17)18/h9-12H,2-8H2,1H3,(H,17,18)(H2,15,16,19)/t9?,10-,11?,12+/m1/s1. The van der Waals surface area contributed by atoms with Gasteiger partial charge in [-0.3, -0.25) is 4.79 Å². The third kappa shape index (κ3) is 3.85. The number of carbonyl (C=O) groups excluding carboxylic acids is 1. The maximum Gasteiger partial charge on any atom is 0.315 e. The maximum atomic E-state index is 11.8. The molecule has 0 heterocycles. The minimum absolute atomic E-state index is 0.0158. The molecule has 0 aromatic rings. The van der Waals surface area contributed by atoms with Crippen LogP contribution in [0.1, 0.15) is 45.4 Å². The van der Waals surface area contributed by atoms with E-state index in [-0.39, 0.29) is 18.0 Å². The summed E-state index contributed by atoms with van der Waals surface area (Å²) in [5.41, 5.74) is 0. The summed E-state index contributed by atoms with van der Waals surface area (Å²) in [6.45, 7) is 2.98. The van der Waals surface area contributed by atoms with Crippen molar-refractivity contribution in [2.75, 3.05) is 6.54 Å². The lowest BCUT2D eigenvalue weighted by Gasteiger charge is -2.18. The van der Waals surface area contributed by atoms with Crippen molar-refractivity contribution in [3.8, 4) is 0 Å². The fourth-order valence-corrected chi connectivity index (χ4v) is 3.32. The molecule has 2 rings (SSSR count). The Morgan fingerprint density at radius 3 is 2.58 bits per heavy atom. The number of urea groups is 1. The van der Waals surface area contributed by atoms with Crippen LogP contribution < -0.4 is 10.6 Å². The molecule has 2 saturated carbocycles. The van der Waals surface area contributed by atoms with Crippen molar-refractivity contribution in [2.45, 2.75) is 51.5 Å². The Balaban J connectivity index is 1.66. The van der Waals surface area contributed by atoms with Gasteiger partial charge in [0, 0.05) is 12.6 Å². The number of hydrogen-bond donors (Lipinski definition) is 3. The van der Waals surface area contributed by atoms with Crippen molar-refractivity contribution in [3.63, 3.8) is 0 Å². The molecule has 2 amide bonds. The lowest BCUT2D eigenvalue weighted by Crippen LogP contribution is -2.43. The summed E-state index contributed by atoms with van der Waals surface area (Å²) < 4.78 is 0. The molecular formula is C14H24N2O3. The molecule has 2 fully saturated rings. The van der Waals surface area contributed by atoms with E-state index in [2.05, 4.69) is 17.6 Å². The van der Waals surface area contributed by atoms with E-state index in [0.29, 0.717) is 24.7 Å². The molecular weight excluding hydrogens is 244 g/mol. The van der Waals surface area contributed by atoms with Crippen LogP contribution in [0, 0.1) is 17.8 Å². The third-order valence-electron chi connectivity index (χ3n) is 4.68. The zero-order chi connectivity index (χ0) is 13.8. The summed E-state index contributed by atoms with van der Waals surface area (Å²) in [4.78, 5) is 22.6. The highest BCUT2D eigenvalue weighted by molar-refractivity contribution is 5.75. The van der Waals surface area contributed by atoms with Crippen molar-refractivity contribution in [2.24, 2.45) is 17.8 Å². The molecule has 2 aliphatic rings. The van der Waals surface area contributed by atoms with Gasteiger partial charge in [0.05, 0.1) is 5.92 Å². The van der Waals surface area contributed by atoms with Gasteiger partial charge in [0.25, 0.3) is 0 Å². The monoisotopic (exact) mass is 268 g/mol. The van der Waals surface area contributed by atoms with Gasteiger partial charge in [0.2, 0.25) is 0 Å². The van der Waals surface area contributed by atoms with Gasteiger partial charge in [-0.25, -0.2) is 4.79 Å². The molecule has 19 heavy (non-hydrogen) atoms. The van der Waals surface area contributed by atoms with Crippen LogP contribution in [0.3, 0.4) is 0 Å². The third-order valence-corrected chi connectivity index (χ3v) is 4.68. The molecule has 2 unspecified atom stereocenters. The maximum absolute atomic E-state index is 11.8. The molecule has 3 N–H and O–H groups in total. The van der Waals surface area contributed by atoms with E-state index in [9.17, 15) is 9.59 Å². The second-order valence-corrected chi connectivity index (χ2v) is 6.07. The number of amides is 2. The molecule has 0 bridgehead atoms. The molecule has 5 heteroatoms. The number of carbonyl (C=O) groups is 2. The predicted molar refractivity (Wildman–Crippen MR) is 71.8 cm³/mol. The molecule has 0 aromatic carbocycles. The highest BCUT2D eigenvalue weighted by Gasteiger charge is 2.30. The van der Waals surface area contributed by atoms with E-state index < -0.39 is 5.97 Å². The number of hydrogen-bond acceptors (Lipinski definition) is 2. The summed E-state index contributed by atoms with van der Waals surface area (Å²) in [5, 5.41) is 14.7. The highest BCUT2D eigenvalue weighted by Crippen LogP contribution is 2.30. The predicted octanol–water partition coefficient (Wildman–Crippen LogP) is 1.98. The zero-order valence-electron chi connectivity index (χ0n) is 11.5. The number of carboxylic acids is 1. The molecule has 0 spiro atoms. The molecule has 0 saturated heterocycles. The lowest BCUT2D eigenvalue weighted by molar-refractivity contribution is -0.141. The minimum atomic E-state index is -0.746. The van der Waals surface area contributed by atoms with Gasteiger partial charge in [-0.05, 0) is 37.5 Å². The van der Waals surface area contributed by atoms with Crippen LogP contribution in [0.4, 0.5) is 4.79 Å². The van der Waals surface area contributed by atoms with Gasteiger partial charge in [-0.1, -0.05) is 19.8 Å². The van der Waals surface area contributed by atoms with Crippen LogP contribution in [0.2, 0.25) is 0 Å². The zero-order valence-corrected chi connectivity index (χ0v) is 11.5. The molecule has 2 aliphatic carbocycles. The van der Waals surface area contributed by atoms with Crippen molar-refractivity contribution >= 4 is 12.0 Å². The molecule has 0 radical (unpaired) electrons. The van der Waals surface area contributed by atoms with E-state index in [0.717, 1.165) is 13.0 Å². The Kier molecular flexibility index (Phi) is 4.66. The topological polar surface area (TPSA) is 78.4 Å². The Labute approximate surface area is 114 Å². The average molecular weight is 268 g/mol. The number of aliphatic carboxylic acids is 1. The van der Waals surface area contributed by atoms with Gasteiger partial charge in [0.1, 0.15) is 0 Å². The van der Waals surface area contributed by atoms with Gasteiger partial charge >= 0.3 is 12.0 Å². The number of carboxylic acid groups (broad SMARTS) is 1. The number of rotatable bonds is 4. The van der Waals surface area contributed by atoms with Crippen LogP contribution in [0.15, 0.2) is 0 Å². The molecule has 0 aliphatic heterocycles. The smallest absolute Gasteiger partial charge is 0.315 e. The quantitative estimate of drug-likeness (QED) is 0.729. The fraction of sp³-hybridized carbons (Fsp3) is 0.857. The first-order chi connectivity index (χ1) is 9.06. The van der Waals surface area contributed by atoms with Crippen LogP contribution in [-0.4, -0.2) is 29.7 Å². The second kappa shape index (κ2) is 6.26. The second-order valence-electron chi connectivity index (χ2n) is 6.07. The van der Waals surface area contributed by atoms with Crippen molar-refractivity contribution < 1.29 is 14.7 Å². The lowest BCUT2D eigenvalue weighted by atomic mass is 9.98. The summed E-state index contributed by atoms with van der Waals surface area (Å²) >= 11 is 0. The Morgan fingerprint density at radius 1 is 1.21 bits per heavy atom. The Bertz CT molecular complexity index is 346. The first kappa shape index (κ1) is 14.2. The summed E-state index contributed by atoms with van der Waals surface area (Å²) in [5.74, 6) is 0.258. The fourth-order valence-electron chi connectivity index (χ4n) is 3.32. The first-order valence-electron chi connectivity index (χ1n) is 7.33. The molecule has 5 nitrogen and oxygen atoms in total. The van der Waals surface area contributed by atoms with E-state index >= 15 is 0 Å². The van der Waals surface area contributed by atoms with Crippen LogP contribution in [0.5, 0.6) is 0 Å². The van der Waals surface area contributed by atoms with Gasteiger partial charge in [0.15, 0.2) is 0 Å². The SMILES string of the molecule is CC1CCCC1CNC(=O)N[C@H]1CC[C@@H](C(=O)O)C1. The first-order valence-corrected chi connectivity index (χ1v) is 7.33. The summed E-state index contributed by atoms with van der Waals surface area (Å²) in [6, 6.07) is -0.128. The van der Waals surface area contributed by atoms with E-state index in [1.54, 1.807) is 0 Å². The highest BCUT2D eigenvalue weighted by atomic mass is 16.4.